The van der Waals surface area contributed by atoms with Crippen LogP contribution >= 0.6 is 0 Å². The molecule has 3 aromatic rings. The molecule has 2 aromatic heterocycles. The summed E-state index contributed by atoms with van der Waals surface area (Å²) in [6.45, 7) is 0. The summed E-state index contributed by atoms with van der Waals surface area (Å²) >= 11 is 0. The van der Waals surface area contributed by atoms with Crippen molar-refractivity contribution in [1.82, 2.24) is 19.6 Å². The number of nitrogens with zero attached hydrogens (tertiary/aromatic N) is 4. The highest BCUT2D eigenvalue weighted by Gasteiger charge is 2.07. The van der Waals surface area contributed by atoms with Gasteiger partial charge in [-0.1, -0.05) is 12.1 Å². The molecule has 0 aliphatic heterocycles. The predicted molar refractivity (Wildman–Crippen MR) is 56.1 cm³/mol. The molecule has 0 atom stereocenters. The molecule has 3 N–H and O–H groups in total. The van der Waals surface area contributed by atoms with Crippen LogP contribution in [-0.2, 0) is 0 Å². The molecule has 0 saturated carbocycles. The summed E-state index contributed by atoms with van der Waals surface area (Å²) in [5, 5.41) is 7.79. The van der Waals surface area contributed by atoms with Crippen molar-refractivity contribution in [2.75, 3.05) is 5.43 Å². The SMILES string of the molecule is NNc1nc2ccccc2n2cnnc12. The molecular formula is C9H8N6. The molecule has 6 heteroatoms. The summed E-state index contributed by atoms with van der Waals surface area (Å²) in [4.78, 5) is 4.33. The number of nitrogen functional groups attached to an aromatic ring is 1. The monoisotopic (exact) mass is 200 g/mol. The second-order valence-corrected chi connectivity index (χ2v) is 3.12. The topological polar surface area (TPSA) is 81.1 Å². The van der Waals surface area contributed by atoms with Gasteiger partial charge in [-0.3, -0.25) is 4.40 Å². The number of aromatic nitrogens is 4. The number of anilines is 1. The minimum absolute atomic E-state index is 0.520. The van der Waals surface area contributed by atoms with Gasteiger partial charge in [0, 0.05) is 0 Å². The van der Waals surface area contributed by atoms with E-state index >= 15 is 0 Å². The van der Waals surface area contributed by atoms with Crippen LogP contribution in [0.4, 0.5) is 5.82 Å². The van der Waals surface area contributed by atoms with Crippen molar-refractivity contribution in [2.45, 2.75) is 0 Å². The Morgan fingerprint density at radius 2 is 2.13 bits per heavy atom. The number of hydrazine groups is 1. The molecule has 0 spiro atoms. The van der Waals surface area contributed by atoms with Crippen molar-refractivity contribution < 1.29 is 0 Å². The summed E-state index contributed by atoms with van der Waals surface area (Å²) in [5.41, 5.74) is 4.94. The molecule has 0 saturated heterocycles. The number of nitrogens with one attached hydrogen (secondary N) is 1. The van der Waals surface area contributed by atoms with E-state index in [4.69, 9.17) is 5.84 Å². The van der Waals surface area contributed by atoms with Crippen LogP contribution in [0.2, 0.25) is 0 Å². The van der Waals surface area contributed by atoms with Gasteiger partial charge in [0.15, 0.2) is 5.82 Å². The van der Waals surface area contributed by atoms with Gasteiger partial charge in [-0.2, -0.15) is 0 Å². The summed E-state index contributed by atoms with van der Waals surface area (Å²) in [6, 6.07) is 7.74. The first-order chi connectivity index (χ1) is 7.40. The minimum Gasteiger partial charge on any atom is -0.305 e. The van der Waals surface area contributed by atoms with Crippen molar-refractivity contribution in [2.24, 2.45) is 5.84 Å². The maximum atomic E-state index is 5.37. The molecule has 74 valence electrons. The van der Waals surface area contributed by atoms with Crippen LogP contribution in [0.15, 0.2) is 30.6 Å². The Hall–Kier alpha value is -2.21. The Bertz CT molecular complexity index is 629. The van der Waals surface area contributed by atoms with Crippen molar-refractivity contribution in [3.8, 4) is 0 Å². The van der Waals surface area contributed by atoms with E-state index in [0.29, 0.717) is 11.5 Å². The van der Waals surface area contributed by atoms with E-state index in [0.717, 1.165) is 11.0 Å². The van der Waals surface area contributed by atoms with Crippen molar-refractivity contribution in [1.29, 1.82) is 0 Å². The molecule has 15 heavy (non-hydrogen) atoms. The quantitative estimate of drug-likeness (QED) is 0.443. The van der Waals surface area contributed by atoms with Crippen LogP contribution in [0.1, 0.15) is 0 Å². The molecule has 0 radical (unpaired) electrons. The van der Waals surface area contributed by atoms with Crippen LogP contribution in [0, 0.1) is 0 Å². The third-order valence-corrected chi connectivity index (χ3v) is 2.27. The van der Waals surface area contributed by atoms with E-state index in [1.807, 2.05) is 28.7 Å². The van der Waals surface area contributed by atoms with E-state index in [1.54, 1.807) is 6.33 Å². The summed E-state index contributed by atoms with van der Waals surface area (Å²) in [7, 11) is 0. The molecule has 0 amide bonds. The Morgan fingerprint density at radius 1 is 1.27 bits per heavy atom. The summed E-state index contributed by atoms with van der Waals surface area (Å²) < 4.78 is 1.84. The predicted octanol–water partition coefficient (Wildman–Crippen LogP) is 0.563. The fraction of sp³-hybridized carbons (Fsp3) is 0. The van der Waals surface area contributed by atoms with Crippen molar-refractivity contribution in [3.63, 3.8) is 0 Å². The number of benzene rings is 1. The molecule has 0 fully saturated rings. The number of hydrogen-bond acceptors (Lipinski definition) is 5. The van der Waals surface area contributed by atoms with Gasteiger partial charge in [0.05, 0.1) is 11.0 Å². The molecular weight excluding hydrogens is 192 g/mol. The lowest BCUT2D eigenvalue weighted by Crippen LogP contribution is -2.10. The smallest absolute Gasteiger partial charge is 0.205 e. The van der Waals surface area contributed by atoms with Crippen molar-refractivity contribution in [3.05, 3.63) is 30.6 Å². The zero-order valence-corrected chi connectivity index (χ0v) is 7.75. The first-order valence-corrected chi connectivity index (χ1v) is 4.45. The molecule has 3 rings (SSSR count). The molecule has 0 unspecified atom stereocenters. The zero-order valence-electron chi connectivity index (χ0n) is 7.75. The Morgan fingerprint density at radius 3 is 3.00 bits per heavy atom. The third kappa shape index (κ3) is 1.05. The summed E-state index contributed by atoms with van der Waals surface area (Å²) in [6.07, 6.45) is 1.64. The second-order valence-electron chi connectivity index (χ2n) is 3.12. The molecule has 0 aliphatic rings. The Kier molecular flexibility index (Phi) is 1.57. The normalized spacial score (nSPS) is 11.0. The van der Waals surface area contributed by atoms with Gasteiger partial charge in [-0.05, 0) is 12.1 Å². The summed E-state index contributed by atoms with van der Waals surface area (Å²) in [5.74, 6) is 5.89. The molecule has 1 aromatic carbocycles. The highest BCUT2D eigenvalue weighted by molar-refractivity contribution is 5.82. The number of hydrogen-bond donors (Lipinski definition) is 2. The first-order valence-electron chi connectivity index (χ1n) is 4.45. The van der Waals surface area contributed by atoms with Crippen LogP contribution < -0.4 is 11.3 Å². The molecule has 0 bridgehead atoms. The highest BCUT2D eigenvalue weighted by atomic mass is 15.3. The Labute approximate surface area is 84.7 Å². The van der Waals surface area contributed by atoms with Crippen LogP contribution in [-0.4, -0.2) is 19.6 Å². The number of rotatable bonds is 1. The van der Waals surface area contributed by atoms with E-state index in [-0.39, 0.29) is 0 Å². The lowest BCUT2D eigenvalue weighted by Gasteiger charge is -2.04. The van der Waals surface area contributed by atoms with E-state index in [9.17, 15) is 0 Å². The maximum Gasteiger partial charge on any atom is 0.205 e. The first kappa shape index (κ1) is 8.13. The van der Waals surface area contributed by atoms with E-state index in [2.05, 4.69) is 20.6 Å². The van der Waals surface area contributed by atoms with Gasteiger partial charge in [-0.15, -0.1) is 10.2 Å². The standard InChI is InChI=1S/C9H8N6/c10-13-8-9-14-11-5-15(9)7-4-2-1-3-6(7)12-8/h1-5H,10H2,(H,12,13). The van der Waals surface area contributed by atoms with Gasteiger partial charge < -0.3 is 5.43 Å². The third-order valence-electron chi connectivity index (χ3n) is 2.27. The zero-order chi connectivity index (χ0) is 10.3. The van der Waals surface area contributed by atoms with E-state index in [1.165, 1.54) is 0 Å². The number of para-hydroxylation sites is 2. The molecule has 0 aliphatic carbocycles. The lowest BCUT2D eigenvalue weighted by molar-refractivity contribution is 1.11. The fourth-order valence-corrected chi connectivity index (χ4v) is 1.60. The number of nitrogens with two attached hydrogens (primary N) is 1. The van der Waals surface area contributed by atoms with Gasteiger partial charge in [0.25, 0.3) is 0 Å². The van der Waals surface area contributed by atoms with Crippen molar-refractivity contribution >= 4 is 22.5 Å². The average Bonchev–Trinajstić information content (AvgIpc) is 2.77. The van der Waals surface area contributed by atoms with E-state index < -0.39 is 0 Å². The largest absolute Gasteiger partial charge is 0.305 e. The molecule has 2 heterocycles. The van der Waals surface area contributed by atoms with Crippen LogP contribution in [0.3, 0.4) is 0 Å². The molecule has 6 nitrogen and oxygen atoms in total. The van der Waals surface area contributed by atoms with Crippen LogP contribution in [0.25, 0.3) is 16.7 Å². The Balaban J connectivity index is 2.57. The fourth-order valence-electron chi connectivity index (χ4n) is 1.60. The number of fused-ring (bicyclic) bond motifs is 3. The lowest BCUT2D eigenvalue weighted by atomic mass is 10.3. The maximum absolute atomic E-state index is 5.37. The van der Waals surface area contributed by atoms with Gasteiger partial charge >= 0.3 is 0 Å². The minimum atomic E-state index is 0.520. The highest BCUT2D eigenvalue weighted by Crippen LogP contribution is 2.18. The van der Waals surface area contributed by atoms with Gasteiger partial charge in [-0.25, -0.2) is 10.8 Å². The second kappa shape index (κ2) is 2.89. The van der Waals surface area contributed by atoms with Gasteiger partial charge in [0.2, 0.25) is 5.65 Å². The van der Waals surface area contributed by atoms with Crippen LogP contribution in [0.5, 0.6) is 0 Å². The van der Waals surface area contributed by atoms with Gasteiger partial charge in [0.1, 0.15) is 6.33 Å². The average molecular weight is 200 g/mol.